The van der Waals surface area contributed by atoms with Gasteiger partial charge >= 0.3 is 6.03 Å². The lowest BCUT2D eigenvalue weighted by molar-refractivity contribution is 0.0812. The molecule has 1 saturated carbocycles. The van der Waals surface area contributed by atoms with Crippen LogP contribution in [0.1, 0.15) is 40.0 Å². The molecule has 3 rings (SSSR count). The minimum Gasteiger partial charge on any atom is -0.317 e. The predicted octanol–water partition coefficient (Wildman–Crippen LogP) is 3.40. The molecule has 0 bridgehead atoms. The quantitative estimate of drug-likeness (QED) is 0.833. The molecular formula is C16H22FN3O. The van der Waals surface area contributed by atoms with Gasteiger partial charge in [0.15, 0.2) is 0 Å². The first-order chi connectivity index (χ1) is 9.79. The molecule has 2 N–H and O–H groups in total. The Morgan fingerprint density at radius 1 is 1.24 bits per heavy atom. The van der Waals surface area contributed by atoms with Gasteiger partial charge in [0.2, 0.25) is 0 Å². The van der Waals surface area contributed by atoms with Crippen LogP contribution in [0, 0.1) is 17.2 Å². The highest BCUT2D eigenvalue weighted by atomic mass is 19.1. The zero-order chi connectivity index (χ0) is 15.3. The summed E-state index contributed by atoms with van der Waals surface area (Å²) in [7, 11) is 0. The molecule has 1 spiro atoms. The Bertz CT molecular complexity index is 557. The summed E-state index contributed by atoms with van der Waals surface area (Å²) in [4.78, 5) is 12.3. The van der Waals surface area contributed by atoms with Gasteiger partial charge in [0.25, 0.3) is 0 Å². The number of nitrogens with zero attached hydrogens (tertiary/aromatic N) is 1. The third-order valence-electron chi connectivity index (χ3n) is 4.34. The molecule has 4 nitrogen and oxygen atoms in total. The van der Waals surface area contributed by atoms with Crippen LogP contribution in [0.5, 0.6) is 0 Å². The number of amides is 2. The molecule has 2 amide bonds. The fraction of sp³-hybridized carbons (Fsp3) is 0.562. The van der Waals surface area contributed by atoms with Gasteiger partial charge in [0.05, 0.1) is 5.69 Å². The van der Waals surface area contributed by atoms with E-state index in [0.717, 1.165) is 19.3 Å². The molecule has 2 atom stereocenters. The first-order valence-electron chi connectivity index (χ1n) is 7.44. The zero-order valence-electron chi connectivity index (χ0n) is 12.7. The molecule has 5 heteroatoms. The van der Waals surface area contributed by atoms with E-state index >= 15 is 0 Å². The van der Waals surface area contributed by atoms with E-state index in [1.165, 1.54) is 17.1 Å². The van der Waals surface area contributed by atoms with Gasteiger partial charge in [0, 0.05) is 0 Å². The van der Waals surface area contributed by atoms with E-state index in [9.17, 15) is 9.18 Å². The van der Waals surface area contributed by atoms with Crippen molar-refractivity contribution in [2.24, 2.45) is 11.3 Å². The maximum absolute atomic E-state index is 13.0. The number of hydrogen-bond donors (Lipinski definition) is 2. The summed E-state index contributed by atoms with van der Waals surface area (Å²) in [5.41, 5.74) is 3.76. The summed E-state index contributed by atoms with van der Waals surface area (Å²) >= 11 is 0. The third kappa shape index (κ3) is 2.75. The van der Waals surface area contributed by atoms with Gasteiger partial charge in [-0.15, -0.1) is 0 Å². The maximum atomic E-state index is 13.0. The van der Waals surface area contributed by atoms with Crippen molar-refractivity contribution in [2.45, 2.75) is 45.7 Å². The summed E-state index contributed by atoms with van der Waals surface area (Å²) in [5.74, 6) is 0.232. The lowest BCUT2D eigenvalue weighted by Crippen LogP contribution is -2.57. The van der Waals surface area contributed by atoms with Crippen molar-refractivity contribution in [3.8, 4) is 0 Å². The summed E-state index contributed by atoms with van der Waals surface area (Å²) in [6.07, 6.45) is 2.94. The molecule has 114 valence electrons. The first-order valence-corrected chi connectivity index (χ1v) is 7.44. The van der Waals surface area contributed by atoms with Gasteiger partial charge in [-0.05, 0) is 54.9 Å². The second-order valence-electron chi connectivity index (χ2n) is 7.29. The smallest absolute Gasteiger partial charge is 0.317 e. The average molecular weight is 291 g/mol. The summed E-state index contributed by atoms with van der Waals surface area (Å²) < 4.78 is 13.0. The molecule has 0 radical (unpaired) electrons. The second kappa shape index (κ2) is 4.70. The normalized spacial score (nSPS) is 31.5. The van der Waals surface area contributed by atoms with Crippen molar-refractivity contribution in [1.29, 1.82) is 0 Å². The second-order valence-corrected chi connectivity index (χ2v) is 7.29. The fourth-order valence-corrected chi connectivity index (χ4v) is 4.08. The molecular weight excluding hydrogens is 269 g/mol. The van der Waals surface area contributed by atoms with Crippen LogP contribution in [0.2, 0.25) is 0 Å². The topological polar surface area (TPSA) is 44.4 Å². The SMILES string of the molecule is C[C@@H]1CC(C)(C)C[C@@]2(C1)NC(=O)N(c1ccc(F)cc1)N2. The predicted molar refractivity (Wildman–Crippen MR) is 80.1 cm³/mol. The van der Waals surface area contributed by atoms with E-state index in [0.29, 0.717) is 11.6 Å². The number of halogens is 1. The third-order valence-corrected chi connectivity index (χ3v) is 4.34. The lowest BCUT2D eigenvalue weighted by atomic mass is 9.68. The van der Waals surface area contributed by atoms with E-state index in [4.69, 9.17) is 0 Å². The van der Waals surface area contributed by atoms with E-state index in [2.05, 4.69) is 31.5 Å². The minimum absolute atomic E-state index is 0.175. The van der Waals surface area contributed by atoms with Crippen LogP contribution in [-0.4, -0.2) is 11.7 Å². The summed E-state index contributed by atoms with van der Waals surface area (Å²) in [6, 6.07) is 5.77. The molecule has 2 aliphatic rings. The number of nitrogens with one attached hydrogen (secondary N) is 2. The highest BCUT2D eigenvalue weighted by molar-refractivity contribution is 5.93. The van der Waals surface area contributed by atoms with Crippen molar-refractivity contribution in [2.75, 3.05) is 5.01 Å². The number of anilines is 1. The number of benzene rings is 1. The van der Waals surface area contributed by atoms with Crippen LogP contribution < -0.4 is 15.8 Å². The number of carbonyl (C=O) groups is 1. The van der Waals surface area contributed by atoms with Crippen molar-refractivity contribution in [3.05, 3.63) is 30.1 Å². The van der Waals surface area contributed by atoms with Crippen LogP contribution >= 0.6 is 0 Å². The Balaban J connectivity index is 1.85. The largest absolute Gasteiger partial charge is 0.338 e. The van der Waals surface area contributed by atoms with Crippen LogP contribution in [0.4, 0.5) is 14.9 Å². The molecule has 1 aliphatic carbocycles. The lowest BCUT2D eigenvalue weighted by Gasteiger charge is -2.45. The minimum atomic E-state index is -0.396. The van der Waals surface area contributed by atoms with E-state index in [-0.39, 0.29) is 17.3 Å². The first kappa shape index (κ1) is 14.3. The fourth-order valence-electron chi connectivity index (χ4n) is 4.08. The van der Waals surface area contributed by atoms with Crippen LogP contribution in [-0.2, 0) is 0 Å². The van der Waals surface area contributed by atoms with E-state index < -0.39 is 5.66 Å². The number of rotatable bonds is 1. The molecule has 1 aromatic carbocycles. The Morgan fingerprint density at radius 3 is 2.52 bits per heavy atom. The molecule has 1 heterocycles. The van der Waals surface area contributed by atoms with Crippen molar-refractivity contribution < 1.29 is 9.18 Å². The molecule has 21 heavy (non-hydrogen) atoms. The number of urea groups is 1. The average Bonchev–Trinajstić information content (AvgIpc) is 2.63. The maximum Gasteiger partial charge on any atom is 0.338 e. The molecule has 1 aromatic rings. The van der Waals surface area contributed by atoms with E-state index in [1.54, 1.807) is 12.1 Å². The number of hydrogen-bond acceptors (Lipinski definition) is 2. The Labute approximate surface area is 124 Å². The monoisotopic (exact) mass is 291 g/mol. The van der Waals surface area contributed by atoms with Crippen molar-refractivity contribution >= 4 is 11.7 Å². The Hall–Kier alpha value is -1.62. The highest BCUT2D eigenvalue weighted by Crippen LogP contribution is 2.44. The number of hydrazine groups is 1. The van der Waals surface area contributed by atoms with Gasteiger partial charge in [-0.2, -0.15) is 0 Å². The number of carbonyl (C=O) groups excluding carboxylic acids is 1. The van der Waals surface area contributed by atoms with Gasteiger partial charge < -0.3 is 5.32 Å². The molecule has 1 aliphatic heterocycles. The van der Waals surface area contributed by atoms with Gasteiger partial charge in [-0.3, -0.25) is 0 Å². The van der Waals surface area contributed by atoms with Crippen molar-refractivity contribution in [1.82, 2.24) is 10.7 Å². The zero-order valence-corrected chi connectivity index (χ0v) is 12.7. The highest BCUT2D eigenvalue weighted by Gasteiger charge is 2.49. The standard InChI is InChI=1S/C16H22FN3O/c1-11-8-15(2,3)10-16(9-11)18-14(21)20(19-16)13-6-4-12(17)5-7-13/h4-7,11,19H,8-10H2,1-3H3,(H,18,21)/t11-,16+/m1/s1. The molecule has 2 fully saturated rings. The summed E-state index contributed by atoms with van der Waals surface area (Å²) in [6.45, 7) is 6.69. The summed E-state index contributed by atoms with van der Waals surface area (Å²) in [5, 5.41) is 4.59. The van der Waals surface area contributed by atoms with Gasteiger partial charge in [0.1, 0.15) is 11.5 Å². The van der Waals surface area contributed by atoms with Gasteiger partial charge in [-0.1, -0.05) is 20.8 Å². The van der Waals surface area contributed by atoms with Crippen molar-refractivity contribution in [3.63, 3.8) is 0 Å². The van der Waals surface area contributed by atoms with Crippen LogP contribution in [0.3, 0.4) is 0 Å². The van der Waals surface area contributed by atoms with Gasteiger partial charge in [-0.25, -0.2) is 19.6 Å². The van der Waals surface area contributed by atoms with E-state index in [1.807, 2.05) is 0 Å². The van der Waals surface area contributed by atoms with Crippen LogP contribution in [0.15, 0.2) is 24.3 Å². The molecule has 0 unspecified atom stereocenters. The Kier molecular flexibility index (Phi) is 3.20. The Morgan fingerprint density at radius 2 is 1.90 bits per heavy atom. The molecule has 1 saturated heterocycles. The van der Waals surface area contributed by atoms with Crippen LogP contribution in [0.25, 0.3) is 0 Å². The molecule has 0 aromatic heterocycles.